The lowest BCUT2D eigenvalue weighted by atomic mass is 9.80. The van der Waals surface area contributed by atoms with Gasteiger partial charge in [0.1, 0.15) is 0 Å². The molecule has 0 saturated carbocycles. The molecule has 0 atom stereocenters. The summed E-state index contributed by atoms with van der Waals surface area (Å²) in [5.74, 6) is 0. The van der Waals surface area contributed by atoms with Gasteiger partial charge in [-0.2, -0.15) is 0 Å². The molecule has 10 aromatic rings. The maximum atomic E-state index is 2.40. The predicted octanol–water partition coefficient (Wildman–Crippen LogP) is 19.2. The molecule has 0 spiro atoms. The summed E-state index contributed by atoms with van der Waals surface area (Å²) in [5, 5.41) is 0. The molecule has 1 aliphatic rings. The quantitative estimate of drug-likeness (QED) is 0.126. The third-order valence-corrected chi connectivity index (χ3v) is 13.5. The second-order valence-electron chi connectivity index (χ2n) is 18.6. The van der Waals surface area contributed by atoms with Crippen molar-refractivity contribution in [2.45, 2.75) is 27.7 Å². The van der Waals surface area contributed by atoms with Crippen molar-refractivity contribution in [2.75, 3.05) is 9.80 Å². The first-order valence-corrected chi connectivity index (χ1v) is 24.2. The van der Waals surface area contributed by atoms with E-state index in [1.807, 2.05) is 0 Å². The van der Waals surface area contributed by atoms with Crippen LogP contribution in [0, 0.1) is 27.7 Å². The van der Waals surface area contributed by atoms with E-state index < -0.39 is 0 Å². The van der Waals surface area contributed by atoms with E-state index in [2.05, 4.69) is 292 Å². The average Bonchev–Trinajstić information content (AvgIpc) is 3.40. The van der Waals surface area contributed by atoms with Gasteiger partial charge in [0.15, 0.2) is 0 Å². The van der Waals surface area contributed by atoms with Gasteiger partial charge in [-0.25, -0.2) is 0 Å². The van der Waals surface area contributed by atoms with Crippen molar-refractivity contribution in [1.82, 2.24) is 0 Å². The minimum Gasteiger partial charge on any atom is -0.310 e. The fourth-order valence-corrected chi connectivity index (χ4v) is 9.65. The minimum absolute atomic E-state index is 1.10. The van der Waals surface area contributed by atoms with E-state index in [4.69, 9.17) is 0 Å². The number of anilines is 6. The molecule has 0 fully saturated rings. The SMILES string of the molecule is Cc1ccc(/C=C/c2ccc(N(c3ccc(C)cc3)c3ccc4c(c3)-c3ccccc3-c3ccc(N(c5ccc(C)cc5)c5ccc(/C=C/c6ccc(C)cc6)cc5)cc3-c3ccccc3-4)cc2)cc1. The van der Waals surface area contributed by atoms with Gasteiger partial charge < -0.3 is 9.80 Å². The average molecular weight is 899 g/mol. The normalized spacial score (nSPS) is 11.6. The van der Waals surface area contributed by atoms with Crippen molar-refractivity contribution >= 4 is 58.4 Å². The van der Waals surface area contributed by atoms with Crippen LogP contribution in [0.3, 0.4) is 0 Å². The zero-order valence-electron chi connectivity index (χ0n) is 40.1. The van der Waals surface area contributed by atoms with E-state index in [9.17, 15) is 0 Å². The van der Waals surface area contributed by atoms with Crippen molar-refractivity contribution in [2.24, 2.45) is 0 Å². The smallest absolute Gasteiger partial charge is 0.0468 e. The van der Waals surface area contributed by atoms with Crippen LogP contribution in [0.15, 0.2) is 231 Å². The summed E-state index contributed by atoms with van der Waals surface area (Å²) in [6, 6.07) is 84.7. The highest BCUT2D eigenvalue weighted by molar-refractivity contribution is 6.05. The number of aryl methyl sites for hydroxylation is 4. The summed E-state index contributed by atoms with van der Waals surface area (Å²) in [5.41, 5.74) is 25.9. The number of rotatable bonds is 10. The van der Waals surface area contributed by atoms with Crippen molar-refractivity contribution in [1.29, 1.82) is 0 Å². The highest BCUT2D eigenvalue weighted by Crippen LogP contribution is 2.51. The molecule has 11 rings (SSSR count). The van der Waals surface area contributed by atoms with Crippen LogP contribution in [0.5, 0.6) is 0 Å². The van der Waals surface area contributed by atoms with Gasteiger partial charge in [0.2, 0.25) is 0 Å². The van der Waals surface area contributed by atoms with Crippen LogP contribution in [0.2, 0.25) is 0 Å². The predicted molar refractivity (Wildman–Crippen MR) is 301 cm³/mol. The number of hydrogen-bond donors (Lipinski definition) is 0. The molecule has 10 aromatic carbocycles. The van der Waals surface area contributed by atoms with Crippen LogP contribution in [0.25, 0.3) is 68.8 Å². The second kappa shape index (κ2) is 19.1. The Labute approximate surface area is 413 Å². The third-order valence-electron chi connectivity index (χ3n) is 13.5. The summed E-state index contributed by atoms with van der Waals surface area (Å²) < 4.78 is 0. The third kappa shape index (κ3) is 9.04. The molecule has 1 aliphatic carbocycles. The van der Waals surface area contributed by atoms with Crippen LogP contribution in [0.1, 0.15) is 44.5 Å². The Balaban J connectivity index is 1.01. The summed E-state index contributed by atoms with van der Waals surface area (Å²) >= 11 is 0. The summed E-state index contributed by atoms with van der Waals surface area (Å²) in [6.45, 7) is 8.54. The largest absolute Gasteiger partial charge is 0.310 e. The first kappa shape index (κ1) is 43.8. The first-order valence-electron chi connectivity index (χ1n) is 24.2. The van der Waals surface area contributed by atoms with Crippen LogP contribution >= 0.6 is 0 Å². The Bertz CT molecular complexity index is 3280. The van der Waals surface area contributed by atoms with Crippen molar-refractivity contribution in [3.8, 4) is 44.5 Å². The monoisotopic (exact) mass is 898 g/mol. The van der Waals surface area contributed by atoms with Gasteiger partial charge in [-0.05, 0) is 167 Å². The molecule has 0 N–H and O–H groups in total. The molecule has 0 unspecified atom stereocenters. The van der Waals surface area contributed by atoms with Gasteiger partial charge in [-0.3, -0.25) is 0 Å². The molecule has 0 radical (unpaired) electrons. The van der Waals surface area contributed by atoms with Crippen LogP contribution in [0.4, 0.5) is 34.1 Å². The Kier molecular flexibility index (Phi) is 12.0. The lowest BCUT2D eigenvalue weighted by molar-refractivity contribution is 1.27. The summed E-state index contributed by atoms with van der Waals surface area (Å²) in [7, 11) is 0. The molecular weight excluding hydrogens is 845 g/mol. The van der Waals surface area contributed by atoms with Gasteiger partial charge in [0.25, 0.3) is 0 Å². The molecule has 0 aliphatic heterocycles. The highest BCUT2D eigenvalue weighted by Gasteiger charge is 2.25. The topological polar surface area (TPSA) is 6.48 Å². The summed E-state index contributed by atoms with van der Waals surface area (Å²) in [6.07, 6.45) is 8.74. The van der Waals surface area contributed by atoms with Crippen LogP contribution in [-0.4, -0.2) is 0 Å². The van der Waals surface area contributed by atoms with E-state index in [1.165, 1.54) is 77.9 Å². The van der Waals surface area contributed by atoms with Gasteiger partial charge >= 0.3 is 0 Å². The van der Waals surface area contributed by atoms with E-state index in [0.29, 0.717) is 0 Å². The molecule has 0 bridgehead atoms. The van der Waals surface area contributed by atoms with Gasteiger partial charge in [0.05, 0.1) is 0 Å². The standard InChI is InChI=1S/C68H54N2/c1-47-13-21-51(22-14-47)25-27-53-29-37-57(38-30-53)69(55-33-17-49(3)18-34-55)59-41-43-65-62-10-6-8-12-64(62)68-46-60(42-44-66(68)61-9-5-7-11-63(61)67(65)45-59)70(56-35-19-50(4)20-36-56)58-39-31-54(32-40-58)28-26-52-23-15-48(2)16-24-52/h5-46H,1-4H3/b27-25+,28-26+,65-62?,66-61?,67-63?,68-64?. The Morgan fingerprint density at radius 1 is 0.214 bits per heavy atom. The Morgan fingerprint density at radius 3 is 0.729 bits per heavy atom. The Morgan fingerprint density at radius 2 is 0.429 bits per heavy atom. The highest BCUT2D eigenvalue weighted by atomic mass is 15.1. The number of nitrogens with zero attached hydrogens (tertiary/aromatic N) is 2. The molecular formula is C68H54N2. The molecule has 0 aromatic heterocycles. The van der Waals surface area contributed by atoms with Gasteiger partial charge in [-0.1, -0.05) is 204 Å². The van der Waals surface area contributed by atoms with Gasteiger partial charge in [-0.15, -0.1) is 0 Å². The Hall–Kier alpha value is -8.72. The molecule has 336 valence electrons. The summed E-state index contributed by atoms with van der Waals surface area (Å²) in [4.78, 5) is 4.76. The van der Waals surface area contributed by atoms with E-state index in [1.54, 1.807) is 0 Å². The minimum atomic E-state index is 1.10. The van der Waals surface area contributed by atoms with E-state index in [-0.39, 0.29) is 0 Å². The number of benzene rings is 10. The molecule has 0 amide bonds. The second-order valence-corrected chi connectivity index (χ2v) is 18.6. The lowest BCUT2D eigenvalue weighted by Gasteiger charge is -2.30. The van der Waals surface area contributed by atoms with Crippen molar-refractivity contribution in [3.63, 3.8) is 0 Å². The van der Waals surface area contributed by atoms with Crippen molar-refractivity contribution in [3.05, 3.63) is 275 Å². The van der Waals surface area contributed by atoms with E-state index >= 15 is 0 Å². The van der Waals surface area contributed by atoms with E-state index in [0.717, 1.165) is 45.3 Å². The molecule has 70 heavy (non-hydrogen) atoms. The first-order chi connectivity index (χ1) is 34.3. The molecule has 2 nitrogen and oxygen atoms in total. The fourth-order valence-electron chi connectivity index (χ4n) is 9.65. The van der Waals surface area contributed by atoms with Crippen LogP contribution < -0.4 is 9.80 Å². The zero-order valence-corrected chi connectivity index (χ0v) is 40.1. The molecule has 0 heterocycles. The van der Waals surface area contributed by atoms with Gasteiger partial charge in [0, 0.05) is 34.1 Å². The molecule has 2 heteroatoms. The molecule has 0 saturated heterocycles. The number of hydrogen-bond acceptors (Lipinski definition) is 2. The van der Waals surface area contributed by atoms with Crippen molar-refractivity contribution < 1.29 is 0 Å². The lowest BCUT2D eigenvalue weighted by Crippen LogP contribution is -2.11. The maximum Gasteiger partial charge on any atom is 0.0468 e. The maximum absolute atomic E-state index is 2.40. The van der Waals surface area contributed by atoms with Crippen LogP contribution in [-0.2, 0) is 0 Å². The zero-order chi connectivity index (χ0) is 47.6. The fraction of sp³-hybridized carbons (Fsp3) is 0.0588. The number of fused-ring (bicyclic) bond motifs is 8.